The summed E-state index contributed by atoms with van der Waals surface area (Å²) >= 11 is -1.70. The summed E-state index contributed by atoms with van der Waals surface area (Å²) in [5.41, 5.74) is 0. The molecule has 15 heavy (non-hydrogen) atoms. The Hall–Kier alpha value is -0.420. The first-order chi connectivity index (χ1) is 7.16. The fourth-order valence-electron chi connectivity index (χ4n) is 1.07. The Morgan fingerprint density at radius 2 is 2.00 bits per heavy atom. The molecule has 0 aliphatic carbocycles. The average Bonchev–Trinajstić information content (AvgIpc) is 2.17. The molecule has 0 fully saturated rings. The number of esters is 1. The van der Waals surface area contributed by atoms with Crippen molar-refractivity contribution in [2.75, 3.05) is 12.4 Å². The van der Waals surface area contributed by atoms with Crippen LogP contribution >= 0.6 is 0 Å². The van der Waals surface area contributed by atoms with Crippen LogP contribution in [0.2, 0.25) is 0 Å². The van der Waals surface area contributed by atoms with Gasteiger partial charge in [0.25, 0.3) is 0 Å². The highest BCUT2D eigenvalue weighted by Gasteiger charge is 2.02. The Morgan fingerprint density at radius 1 is 1.27 bits per heavy atom. The number of carbonyl (C=O) groups excluding carboxylic acids is 1. The van der Waals surface area contributed by atoms with Crippen LogP contribution in [0.4, 0.5) is 0 Å². The minimum Gasteiger partial charge on any atom is -0.466 e. The Kier molecular flexibility index (Phi) is 9.83. The lowest BCUT2D eigenvalue weighted by Gasteiger charge is -2.03. The molecule has 0 aromatic heterocycles. The zero-order valence-corrected chi connectivity index (χ0v) is 10.1. The molecular formula is C10H20O4S. The molecule has 5 heteroatoms. The third kappa shape index (κ3) is 11.5. The van der Waals surface area contributed by atoms with E-state index in [2.05, 4.69) is 0 Å². The largest absolute Gasteiger partial charge is 0.466 e. The Bertz CT molecular complexity index is 194. The van der Waals surface area contributed by atoms with Gasteiger partial charge in [-0.15, -0.1) is 0 Å². The molecule has 1 atom stereocenters. The third-order valence-electron chi connectivity index (χ3n) is 1.96. The van der Waals surface area contributed by atoms with Gasteiger partial charge in [0.15, 0.2) is 11.1 Å². The first kappa shape index (κ1) is 14.6. The molecule has 1 unspecified atom stereocenters. The summed E-state index contributed by atoms with van der Waals surface area (Å²) in [6.45, 7) is 2.55. The highest BCUT2D eigenvalue weighted by atomic mass is 32.2. The lowest BCUT2D eigenvalue weighted by Crippen LogP contribution is -2.05. The van der Waals surface area contributed by atoms with Crippen molar-refractivity contribution in [2.24, 2.45) is 0 Å². The maximum absolute atomic E-state index is 11.1. The second kappa shape index (κ2) is 10.1. The summed E-state index contributed by atoms with van der Waals surface area (Å²) < 4.78 is 23.7. The van der Waals surface area contributed by atoms with Crippen LogP contribution in [0.3, 0.4) is 0 Å². The van der Waals surface area contributed by atoms with Crippen LogP contribution in [-0.4, -0.2) is 27.1 Å². The summed E-state index contributed by atoms with van der Waals surface area (Å²) in [5, 5.41) is 0. The van der Waals surface area contributed by atoms with E-state index in [9.17, 15) is 9.00 Å². The number of unbranched alkanes of at least 4 members (excludes halogenated alkanes) is 3. The quantitative estimate of drug-likeness (QED) is 0.378. The van der Waals surface area contributed by atoms with Gasteiger partial charge in [-0.2, -0.15) is 0 Å². The molecule has 90 valence electrons. The molecule has 0 saturated heterocycles. The third-order valence-corrected chi connectivity index (χ3v) is 2.60. The van der Waals surface area contributed by atoms with Crippen LogP contribution < -0.4 is 0 Å². The van der Waals surface area contributed by atoms with Crippen molar-refractivity contribution in [3.8, 4) is 0 Å². The SMILES string of the molecule is CCCCOC(=O)CCCCCS(=O)O. The van der Waals surface area contributed by atoms with Crippen molar-refractivity contribution in [3.05, 3.63) is 0 Å². The molecule has 0 rings (SSSR count). The van der Waals surface area contributed by atoms with Crippen LogP contribution in [0.1, 0.15) is 45.4 Å². The fraction of sp³-hybridized carbons (Fsp3) is 0.900. The van der Waals surface area contributed by atoms with E-state index in [-0.39, 0.29) is 5.97 Å². The molecule has 0 aromatic carbocycles. The van der Waals surface area contributed by atoms with Crippen LogP contribution in [0.25, 0.3) is 0 Å². The average molecular weight is 236 g/mol. The van der Waals surface area contributed by atoms with Crippen molar-refractivity contribution in [2.45, 2.75) is 45.4 Å². The Labute approximate surface area is 93.7 Å². The summed E-state index contributed by atoms with van der Waals surface area (Å²) in [7, 11) is 0. The molecule has 0 bridgehead atoms. The minimum absolute atomic E-state index is 0.159. The van der Waals surface area contributed by atoms with Gasteiger partial charge in [-0.3, -0.25) is 4.79 Å². The summed E-state index contributed by atoms with van der Waals surface area (Å²) in [4.78, 5) is 11.1. The van der Waals surface area contributed by atoms with Crippen molar-refractivity contribution in [3.63, 3.8) is 0 Å². The van der Waals surface area contributed by atoms with E-state index in [1.165, 1.54) is 0 Å². The predicted molar refractivity (Wildman–Crippen MR) is 60.0 cm³/mol. The molecule has 0 radical (unpaired) electrons. The van der Waals surface area contributed by atoms with E-state index in [0.29, 0.717) is 25.2 Å². The van der Waals surface area contributed by atoms with Gasteiger partial charge in [0.05, 0.1) is 6.61 Å². The summed E-state index contributed by atoms with van der Waals surface area (Å²) in [5.74, 6) is 0.138. The van der Waals surface area contributed by atoms with Crippen LogP contribution in [0.15, 0.2) is 0 Å². The molecule has 1 N–H and O–H groups in total. The highest BCUT2D eigenvalue weighted by molar-refractivity contribution is 7.79. The Morgan fingerprint density at radius 3 is 2.60 bits per heavy atom. The standard InChI is InChI=1S/C10H20O4S/c1-2-3-8-14-10(11)7-5-4-6-9-15(12)13/h2-9H2,1H3,(H,12,13). The van der Waals surface area contributed by atoms with Gasteiger partial charge in [0.2, 0.25) is 0 Å². The van der Waals surface area contributed by atoms with Gasteiger partial charge in [0.1, 0.15) is 0 Å². The van der Waals surface area contributed by atoms with Crippen LogP contribution in [-0.2, 0) is 20.6 Å². The van der Waals surface area contributed by atoms with Crippen molar-refractivity contribution < 1.29 is 18.3 Å². The van der Waals surface area contributed by atoms with E-state index >= 15 is 0 Å². The number of hydrogen-bond acceptors (Lipinski definition) is 3. The summed E-state index contributed by atoms with van der Waals surface area (Å²) in [6, 6.07) is 0. The van der Waals surface area contributed by atoms with Gasteiger partial charge >= 0.3 is 5.97 Å². The minimum atomic E-state index is -1.70. The molecular weight excluding hydrogens is 216 g/mol. The molecule has 0 amide bonds. The normalized spacial score (nSPS) is 12.4. The van der Waals surface area contributed by atoms with Gasteiger partial charge in [-0.1, -0.05) is 19.8 Å². The number of carbonyl (C=O) groups is 1. The maximum Gasteiger partial charge on any atom is 0.305 e. The zero-order valence-electron chi connectivity index (χ0n) is 9.24. The number of ether oxygens (including phenoxy) is 1. The second-order valence-corrected chi connectivity index (χ2v) is 4.46. The van der Waals surface area contributed by atoms with Crippen molar-refractivity contribution in [1.82, 2.24) is 0 Å². The van der Waals surface area contributed by atoms with E-state index in [1.54, 1.807) is 0 Å². The number of rotatable bonds is 9. The van der Waals surface area contributed by atoms with E-state index in [4.69, 9.17) is 9.29 Å². The molecule has 0 heterocycles. The van der Waals surface area contributed by atoms with Gasteiger partial charge in [-0.25, -0.2) is 4.21 Å². The molecule has 0 aromatic rings. The molecule has 0 spiro atoms. The van der Waals surface area contributed by atoms with Gasteiger partial charge in [-0.05, 0) is 19.3 Å². The molecule has 4 nitrogen and oxygen atoms in total. The monoisotopic (exact) mass is 236 g/mol. The Balaban J connectivity index is 3.20. The van der Waals surface area contributed by atoms with Crippen LogP contribution in [0.5, 0.6) is 0 Å². The van der Waals surface area contributed by atoms with Gasteiger partial charge < -0.3 is 9.29 Å². The second-order valence-electron chi connectivity index (χ2n) is 3.41. The van der Waals surface area contributed by atoms with E-state index in [0.717, 1.165) is 25.7 Å². The summed E-state index contributed by atoms with van der Waals surface area (Å²) in [6.07, 6.45) is 4.58. The first-order valence-electron chi connectivity index (χ1n) is 5.40. The molecule has 0 saturated carbocycles. The smallest absolute Gasteiger partial charge is 0.305 e. The first-order valence-corrected chi connectivity index (χ1v) is 6.67. The number of hydrogen-bond donors (Lipinski definition) is 1. The highest BCUT2D eigenvalue weighted by Crippen LogP contribution is 2.02. The van der Waals surface area contributed by atoms with Gasteiger partial charge in [0, 0.05) is 12.2 Å². The predicted octanol–water partition coefficient (Wildman–Crippen LogP) is 2.11. The van der Waals surface area contributed by atoms with Crippen molar-refractivity contribution in [1.29, 1.82) is 0 Å². The van der Waals surface area contributed by atoms with E-state index in [1.807, 2.05) is 6.92 Å². The fourth-order valence-corrected chi connectivity index (χ4v) is 1.53. The van der Waals surface area contributed by atoms with E-state index < -0.39 is 11.1 Å². The maximum atomic E-state index is 11.1. The zero-order chi connectivity index (χ0) is 11.5. The van der Waals surface area contributed by atoms with Crippen LogP contribution in [0, 0.1) is 0 Å². The van der Waals surface area contributed by atoms with Crippen molar-refractivity contribution >= 4 is 17.0 Å². The lowest BCUT2D eigenvalue weighted by atomic mass is 10.2. The molecule has 0 aliphatic heterocycles. The topological polar surface area (TPSA) is 63.6 Å². The molecule has 0 aliphatic rings. The lowest BCUT2D eigenvalue weighted by molar-refractivity contribution is -0.143.